The third-order valence-electron chi connectivity index (χ3n) is 4.34. The minimum absolute atomic E-state index is 0.188. The van der Waals surface area contributed by atoms with E-state index in [0.717, 1.165) is 11.3 Å². The minimum atomic E-state index is -0.263. The van der Waals surface area contributed by atoms with Gasteiger partial charge >= 0.3 is 0 Å². The zero-order valence-corrected chi connectivity index (χ0v) is 14.9. The summed E-state index contributed by atoms with van der Waals surface area (Å²) in [5.74, 6) is 1.00. The van der Waals surface area contributed by atoms with Gasteiger partial charge in [0.2, 0.25) is 0 Å². The third-order valence-corrected chi connectivity index (χ3v) is 4.34. The zero-order chi connectivity index (χ0) is 18.1. The number of carbonyl (C=O) groups is 1. The van der Waals surface area contributed by atoms with E-state index in [4.69, 9.17) is 9.47 Å². The fourth-order valence-corrected chi connectivity index (χ4v) is 3.19. The molecule has 0 aliphatic carbocycles. The van der Waals surface area contributed by atoms with Crippen LogP contribution in [0.25, 0.3) is 0 Å². The molecule has 1 aliphatic heterocycles. The Labute approximate surface area is 146 Å². The highest BCUT2D eigenvalue weighted by Crippen LogP contribution is 2.33. The van der Waals surface area contributed by atoms with Crippen LogP contribution in [0.1, 0.15) is 34.1 Å². The van der Waals surface area contributed by atoms with Gasteiger partial charge in [0.05, 0.1) is 5.56 Å². The molecular formula is C19H22N2O4. The number of aryl methyl sites for hydroxylation is 1. The molecule has 2 heterocycles. The monoisotopic (exact) mass is 342 g/mol. The average molecular weight is 342 g/mol. The van der Waals surface area contributed by atoms with Crippen LogP contribution in [-0.4, -0.2) is 38.1 Å². The van der Waals surface area contributed by atoms with Crippen LogP contribution in [0.15, 0.2) is 23.0 Å². The molecule has 25 heavy (non-hydrogen) atoms. The van der Waals surface area contributed by atoms with Crippen LogP contribution in [-0.2, 0) is 6.42 Å². The van der Waals surface area contributed by atoms with E-state index in [1.54, 1.807) is 37.2 Å². The van der Waals surface area contributed by atoms with Crippen LogP contribution < -0.4 is 19.9 Å². The van der Waals surface area contributed by atoms with E-state index in [9.17, 15) is 9.59 Å². The molecule has 0 bridgehead atoms. The number of aromatic nitrogens is 1. The van der Waals surface area contributed by atoms with Crippen molar-refractivity contribution in [3.8, 4) is 11.5 Å². The molecule has 0 spiro atoms. The molecule has 1 aromatic carbocycles. The largest absolute Gasteiger partial charge is 0.486 e. The van der Waals surface area contributed by atoms with Gasteiger partial charge in [-0.2, -0.15) is 0 Å². The molecule has 6 heteroatoms. The highest BCUT2D eigenvalue weighted by molar-refractivity contribution is 6.13. The number of ketones is 1. The van der Waals surface area contributed by atoms with Crippen LogP contribution >= 0.6 is 0 Å². The number of H-pyrrole nitrogens is 1. The Morgan fingerprint density at radius 2 is 1.88 bits per heavy atom. The molecule has 0 atom stereocenters. The number of carbonyl (C=O) groups excluding carboxylic acids is 1. The van der Waals surface area contributed by atoms with Gasteiger partial charge in [-0.15, -0.1) is 0 Å². The predicted octanol–water partition coefficient (Wildman–Crippen LogP) is 2.31. The number of nitrogens with one attached hydrogen (secondary N) is 1. The summed E-state index contributed by atoms with van der Waals surface area (Å²) in [5, 5.41) is 0. The molecule has 1 aliphatic rings. The normalized spacial score (nSPS) is 12.8. The van der Waals surface area contributed by atoms with E-state index in [1.165, 1.54) is 0 Å². The van der Waals surface area contributed by atoms with Gasteiger partial charge in [-0.3, -0.25) is 9.59 Å². The van der Waals surface area contributed by atoms with E-state index in [2.05, 4.69) is 4.98 Å². The highest BCUT2D eigenvalue weighted by atomic mass is 16.6. The maximum Gasteiger partial charge on any atom is 0.272 e. The standard InChI is InChI=1S/C19H22N2O4/c1-5-13-11(2)20-19(23)17(21(3)4)16(13)18(22)12-6-7-14-15(10-12)25-9-8-24-14/h6-7,10H,5,8-9H2,1-4H3,(H,20,23). The number of nitrogens with zero attached hydrogens (tertiary/aromatic N) is 1. The van der Waals surface area contributed by atoms with Crippen molar-refractivity contribution >= 4 is 11.5 Å². The summed E-state index contributed by atoms with van der Waals surface area (Å²) >= 11 is 0. The number of pyridine rings is 1. The first-order valence-electron chi connectivity index (χ1n) is 8.31. The zero-order valence-electron chi connectivity index (χ0n) is 14.9. The molecular weight excluding hydrogens is 320 g/mol. The number of rotatable bonds is 4. The number of hydrogen-bond acceptors (Lipinski definition) is 5. The fourth-order valence-electron chi connectivity index (χ4n) is 3.19. The van der Waals surface area contributed by atoms with Crippen LogP contribution in [0.4, 0.5) is 5.69 Å². The van der Waals surface area contributed by atoms with Crippen molar-refractivity contribution in [2.24, 2.45) is 0 Å². The number of anilines is 1. The number of hydrogen-bond donors (Lipinski definition) is 1. The van der Waals surface area contributed by atoms with Gasteiger partial charge in [-0.25, -0.2) is 0 Å². The molecule has 1 N–H and O–H groups in total. The second kappa shape index (κ2) is 6.63. The van der Waals surface area contributed by atoms with Crippen molar-refractivity contribution < 1.29 is 14.3 Å². The van der Waals surface area contributed by atoms with Crippen LogP contribution in [0.2, 0.25) is 0 Å². The molecule has 3 rings (SSSR count). The Balaban J connectivity index is 2.18. The fraction of sp³-hybridized carbons (Fsp3) is 0.368. The Kier molecular flexibility index (Phi) is 4.53. The Morgan fingerprint density at radius 3 is 2.52 bits per heavy atom. The lowest BCUT2D eigenvalue weighted by Crippen LogP contribution is -2.27. The van der Waals surface area contributed by atoms with Crippen molar-refractivity contribution in [3.63, 3.8) is 0 Å². The van der Waals surface area contributed by atoms with Gasteiger partial charge < -0.3 is 19.4 Å². The van der Waals surface area contributed by atoms with Gasteiger partial charge in [-0.1, -0.05) is 6.92 Å². The summed E-state index contributed by atoms with van der Waals surface area (Å²) < 4.78 is 11.1. The van der Waals surface area contributed by atoms with Crippen molar-refractivity contribution in [2.75, 3.05) is 32.2 Å². The summed E-state index contributed by atoms with van der Waals surface area (Å²) in [7, 11) is 3.53. The van der Waals surface area contributed by atoms with Crippen LogP contribution in [0.3, 0.4) is 0 Å². The summed E-state index contributed by atoms with van der Waals surface area (Å²) in [5.41, 5.74) is 2.61. The van der Waals surface area contributed by atoms with E-state index >= 15 is 0 Å². The molecule has 0 amide bonds. The van der Waals surface area contributed by atoms with Gasteiger partial charge in [-0.05, 0) is 37.1 Å². The first-order chi connectivity index (χ1) is 11.9. The second-order valence-corrected chi connectivity index (χ2v) is 6.22. The molecule has 0 unspecified atom stereocenters. The third kappa shape index (κ3) is 2.99. The predicted molar refractivity (Wildman–Crippen MR) is 96.4 cm³/mol. The molecule has 132 valence electrons. The first-order valence-corrected chi connectivity index (χ1v) is 8.31. The van der Waals surface area contributed by atoms with Gasteiger partial charge in [0.15, 0.2) is 17.3 Å². The highest BCUT2D eigenvalue weighted by Gasteiger charge is 2.24. The second-order valence-electron chi connectivity index (χ2n) is 6.22. The number of ether oxygens (including phenoxy) is 2. The molecule has 0 saturated heterocycles. The lowest BCUT2D eigenvalue weighted by Gasteiger charge is -2.21. The summed E-state index contributed by atoms with van der Waals surface area (Å²) in [6.07, 6.45) is 0.648. The van der Waals surface area contributed by atoms with Gasteiger partial charge in [0.25, 0.3) is 5.56 Å². The summed E-state index contributed by atoms with van der Waals surface area (Å²) in [6.45, 7) is 4.75. The van der Waals surface area contributed by atoms with Gasteiger partial charge in [0.1, 0.15) is 18.9 Å². The maximum absolute atomic E-state index is 13.3. The molecule has 0 fully saturated rings. The van der Waals surface area contributed by atoms with Crippen molar-refractivity contribution in [1.29, 1.82) is 0 Å². The minimum Gasteiger partial charge on any atom is -0.486 e. The molecule has 6 nitrogen and oxygen atoms in total. The van der Waals surface area contributed by atoms with Crippen molar-refractivity contribution in [2.45, 2.75) is 20.3 Å². The molecule has 0 radical (unpaired) electrons. The molecule has 0 saturated carbocycles. The molecule has 1 aromatic heterocycles. The number of benzene rings is 1. The van der Waals surface area contributed by atoms with E-state index in [1.807, 2.05) is 13.8 Å². The Hall–Kier alpha value is -2.76. The average Bonchev–Trinajstić information content (AvgIpc) is 2.59. The van der Waals surface area contributed by atoms with Crippen molar-refractivity contribution in [3.05, 3.63) is 50.9 Å². The maximum atomic E-state index is 13.3. The topological polar surface area (TPSA) is 71.6 Å². The number of fused-ring (bicyclic) bond motifs is 1. The van der Waals surface area contributed by atoms with Crippen molar-refractivity contribution in [1.82, 2.24) is 4.98 Å². The summed E-state index contributed by atoms with van der Waals surface area (Å²) in [6, 6.07) is 5.14. The first kappa shape index (κ1) is 17.1. The van der Waals surface area contributed by atoms with Crippen LogP contribution in [0, 0.1) is 6.92 Å². The van der Waals surface area contributed by atoms with Gasteiger partial charge in [0, 0.05) is 25.4 Å². The number of aromatic amines is 1. The van der Waals surface area contributed by atoms with Crippen LogP contribution in [0.5, 0.6) is 11.5 Å². The quantitative estimate of drug-likeness (QED) is 0.864. The Bertz CT molecular complexity index is 884. The smallest absolute Gasteiger partial charge is 0.272 e. The molecule has 2 aromatic rings. The van der Waals surface area contributed by atoms with E-state index in [-0.39, 0.29) is 11.3 Å². The lowest BCUT2D eigenvalue weighted by atomic mass is 9.94. The van der Waals surface area contributed by atoms with E-state index in [0.29, 0.717) is 47.9 Å². The lowest BCUT2D eigenvalue weighted by molar-refractivity contribution is 0.103. The Morgan fingerprint density at radius 1 is 1.20 bits per heavy atom. The SMILES string of the molecule is CCc1c(C)[nH]c(=O)c(N(C)C)c1C(=O)c1ccc2c(c1)OCCO2. The summed E-state index contributed by atoms with van der Waals surface area (Å²) in [4.78, 5) is 30.2. The van der Waals surface area contributed by atoms with E-state index < -0.39 is 0 Å².